The van der Waals surface area contributed by atoms with Crippen molar-refractivity contribution in [2.24, 2.45) is 0 Å². The number of unbranched alkanes of at least 4 members (excludes halogenated alkanes) is 2. The molecule has 0 aliphatic carbocycles. The number of hydrogen-bond donors (Lipinski definition) is 0. The van der Waals surface area contributed by atoms with E-state index in [9.17, 15) is 0 Å². The molecule has 0 heterocycles. The van der Waals surface area contributed by atoms with Crippen molar-refractivity contribution in [3.05, 3.63) is 72.4 Å². The van der Waals surface area contributed by atoms with Gasteiger partial charge in [-0.05, 0) is 38.2 Å². The molecule has 0 spiro atoms. The van der Waals surface area contributed by atoms with Gasteiger partial charge in [0, 0.05) is 0 Å². The molecule has 0 unspecified atom stereocenters. The second-order valence-corrected chi connectivity index (χ2v) is 4.28. The summed E-state index contributed by atoms with van der Waals surface area (Å²) in [5.41, 5.74) is 2.82. The van der Waals surface area contributed by atoms with Crippen LogP contribution in [0.5, 0.6) is 0 Å². The van der Waals surface area contributed by atoms with Crippen molar-refractivity contribution in [1.29, 1.82) is 0 Å². The summed E-state index contributed by atoms with van der Waals surface area (Å²) in [6.07, 6.45) is 14.9. The quantitative estimate of drug-likeness (QED) is 0.453. The fourth-order valence-electron chi connectivity index (χ4n) is 1.78. The van der Waals surface area contributed by atoms with Gasteiger partial charge in [0.1, 0.15) is 0 Å². The first kappa shape index (κ1) is 13.5. The van der Waals surface area contributed by atoms with Crippen molar-refractivity contribution in [2.75, 3.05) is 0 Å². The van der Waals surface area contributed by atoms with E-state index < -0.39 is 0 Å². The zero-order chi connectivity index (χ0) is 12.3. The normalized spacial score (nSPS) is 11.4. The van der Waals surface area contributed by atoms with Crippen LogP contribution in [0.1, 0.15) is 30.4 Å². The third-order valence-corrected chi connectivity index (χ3v) is 2.66. The molecule has 0 radical (unpaired) electrons. The Morgan fingerprint density at radius 3 is 2.76 bits per heavy atom. The Morgan fingerprint density at radius 2 is 2.00 bits per heavy atom. The third-order valence-electron chi connectivity index (χ3n) is 2.66. The molecule has 0 amide bonds. The molecular weight excluding hydrogens is 204 g/mol. The first-order valence-electron chi connectivity index (χ1n) is 6.32. The molecule has 1 aromatic rings. The molecule has 0 N–H and O–H groups in total. The van der Waals surface area contributed by atoms with E-state index in [1.165, 1.54) is 30.4 Å². The van der Waals surface area contributed by atoms with Crippen LogP contribution in [-0.2, 0) is 6.42 Å². The fraction of sp³-hybridized carbons (Fsp3) is 0.294. The van der Waals surface area contributed by atoms with Crippen molar-refractivity contribution >= 4 is 0 Å². The van der Waals surface area contributed by atoms with Crippen LogP contribution in [0, 0.1) is 6.92 Å². The van der Waals surface area contributed by atoms with E-state index >= 15 is 0 Å². The van der Waals surface area contributed by atoms with Crippen molar-refractivity contribution in [3.8, 4) is 0 Å². The summed E-state index contributed by atoms with van der Waals surface area (Å²) in [6.45, 7) is 5.78. The van der Waals surface area contributed by atoms with Crippen molar-refractivity contribution in [3.63, 3.8) is 0 Å². The molecule has 90 valence electrons. The van der Waals surface area contributed by atoms with E-state index in [1.54, 1.807) is 6.08 Å². The minimum Gasteiger partial charge on any atom is -0.0991 e. The Labute approximate surface area is 105 Å². The molecule has 1 rings (SSSR count). The predicted octanol–water partition coefficient (Wildman–Crippen LogP) is 5.01. The number of rotatable bonds is 7. The smallest absolute Gasteiger partial charge is 0.0279 e. The average molecular weight is 226 g/mol. The van der Waals surface area contributed by atoms with Crippen LogP contribution in [0.2, 0.25) is 0 Å². The van der Waals surface area contributed by atoms with E-state index in [-0.39, 0.29) is 0 Å². The van der Waals surface area contributed by atoms with Gasteiger partial charge in [0.05, 0.1) is 0 Å². The third kappa shape index (κ3) is 6.57. The molecule has 1 aromatic carbocycles. The van der Waals surface area contributed by atoms with Crippen LogP contribution in [0.25, 0.3) is 0 Å². The Morgan fingerprint density at radius 1 is 1.12 bits per heavy atom. The van der Waals surface area contributed by atoms with Gasteiger partial charge in [-0.2, -0.15) is 0 Å². The topological polar surface area (TPSA) is 0 Å². The standard InChI is InChI=1S/C17H22/c1-3-4-5-6-7-8-9-10-13-17-14-11-12-16(2)15-17/h3-7,11-12,14-15H,1,8-10,13H2,2H3/b5-4-,7-6-. The highest BCUT2D eigenvalue weighted by Gasteiger charge is 1.92. The monoisotopic (exact) mass is 226 g/mol. The molecule has 0 saturated carbocycles. The van der Waals surface area contributed by atoms with Gasteiger partial charge in [0.2, 0.25) is 0 Å². The first-order chi connectivity index (χ1) is 8.33. The summed E-state index contributed by atoms with van der Waals surface area (Å²) in [6, 6.07) is 8.79. The molecule has 0 saturated heterocycles. The average Bonchev–Trinajstić information content (AvgIpc) is 2.33. The predicted molar refractivity (Wildman–Crippen MR) is 77.2 cm³/mol. The largest absolute Gasteiger partial charge is 0.0991 e. The van der Waals surface area contributed by atoms with Gasteiger partial charge in [-0.25, -0.2) is 0 Å². The molecular formula is C17H22. The maximum absolute atomic E-state index is 3.63. The molecule has 0 fully saturated rings. The second-order valence-electron chi connectivity index (χ2n) is 4.28. The highest BCUT2D eigenvalue weighted by molar-refractivity contribution is 5.22. The summed E-state index contributed by atoms with van der Waals surface area (Å²) in [5, 5.41) is 0. The maximum Gasteiger partial charge on any atom is -0.0279 e. The van der Waals surface area contributed by atoms with Gasteiger partial charge in [-0.3, -0.25) is 0 Å². The van der Waals surface area contributed by atoms with Gasteiger partial charge in [-0.15, -0.1) is 0 Å². The van der Waals surface area contributed by atoms with Gasteiger partial charge in [-0.1, -0.05) is 66.8 Å². The Bertz CT molecular complexity index is 383. The summed E-state index contributed by atoms with van der Waals surface area (Å²) in [7, 11) is 0. The SMILES string of the molecule is C=C/C=C\C=C/CCCCc1cccc(C)c1. The Kier molecular flexibility index (Phi) is 6.81. The minimum absolute atomic E-state index is 1.16. The summed E-state index contributed by atoms with van der Waals surface area (Å²) < 4.78 is 0. The van der Waals surface area contributed by atoms with E-state index in [2.05, 4.69) is 49.9 Å². The van der Waals surface area contributed by atoms with E-state index in [1.807, 2.05) is 12.2 Å². The molecule has 17 heavy (non-hydrogen) atoms. The summed E-state index contributed by atoms with van der Waals surface area (Å²) >= 11 is 0. The number of benzene rings is 1. The van der Waals surface area contributed by atoms with E-state index in [0.29, 0.717) is 0 Å². The lowest BCUT2D eigenvalue weighted by Gasteiger charge is -2.01. The second kappa shape index (κ2) is 8.58. The number of aryl methyl sites for hydroxylation is 2. The Balaban J connectivity index is 2.14. The van der Waals surface area contributed by atoms with Crippen molar-refractivity contribution in [2.45, 2.75) is 32.6 Å². The minimum atomic E-state index is 1.16. The van der Waals surface area contributed by atoms with Crippen LogP contribution < -0.4 is 0 Å². The molecule has 0 bridgehead atoms. The number of allylic oxidation sites excluding steroid dienone is 5. The molecule has 0 nitrogen and oxygen atoms in total. The van der Waals surface area contributed by atoms with Crippen molar-refractivity contribution in [1.82, 2.24) is 0 Å². The first-order valence-corrected chi connectivity index (χ1v) is 6.32. The van der Waals surface area contributed by atoms with Gasteiger partial charge >= 0.3 is 0 Å². The molecule has 0 heteroatoms. The summed E-state index contributed by atoms with van der Waals surface area (Å²) in [5.74, 6) is 0. The fourth-order valence-corrected chi connectivity index (χ4v) is 1.78. The van der Waals surface area contributed by atoms with Gasteiger partial charge in [0.25, 0.3) is 0 Å². The van der Waals surface area contributed by atoms with Crippen LogP contribution in [0.3, 0.4) is 0 Å². The van der Waals surface area contributed by atoms with Gasteiger partial charge in [0.15, 0.2) is 0 Å². The molecule has 0 aromatic heterocycles. The van der Waals surface area contributed by atoms with Crippen LogP contribution in [0.4, 0.5) is 0 Å². The zero-order valence-corrected chi connectivity index (χ0v) is 10.7. The van der Waals surface area contributed by atoms with E-state index in [4.69, 9.17) is 0 Å². The van der Waals surface area contributed by atoms with Gasteiger partial charge < -0.3 is 0 Å². The lowest BCUT2D eigenvalue weighted by atomic mass is 10.0. The Hall–Kier alpha value is -1.56. The van der Waals surface area contributed by atoms with Crippen LogP contribution in [0.15, 0.2) is 61.2 Å². The maximum atomic E-state index is 3.63. The number of hydrogen-bond acceptors (Lipinski definition) is 0. The zero-order valence-electron chi connectivity index (χ0n) is 10.7. The van der Waals surface area contributed by atoms with Crippen LogP contribution in [-0.4, -0.2) is 0 Å². The molecule has 0 aliphatic heterocycles. The van der Waals surface area contributed by atoms with Crippen molar-refractivity contribution < 1.29 is 0 Å². The highest BCUT2D eigenvalue weighted by atomic mass is 14.0. The molecule has 0 atom stereocenters. The lowest BCUT2D eigenvalue weighted by Crippen LogP contribution is -1.85. The molecule has 0 aliphatic rings. The van der Waals surface area contributed by atoms with E-state index in [0.717, 1.165) is 6.42 Å². The summed E-state index contributed by atoms with van der Waals surface area (Å²) in [4.78, 5) is 0. The lowest BCUT2D eigenvalue weighted by molar-refractivity contribution is 0.747. The van der Waals surface area contributed by atoms with Crippen LogP contribution >= 0.6 is 0 Å². The highest BCUT2D eigenvalue weighted by Crippen LogP contribution is 2.09.